The minimum atomic E-state index is 0.564. The Kier molecular flexibility index (Phi) is 5.82. The van der Waals surface area contributed by atoms with Gasteiger partial charge < -0.3 is 15.0 Å². The number of aromatic nitrogens is 2. The Hall–Kier alpha value is -0.910. The normalized spacial score (nSPS) is 20.4. The van der Waals surface area contributed by atoms with Gasteiger partial charge in [0.1, 0.15) is 0 Å². The Labute approximate surface area is 119 Å². The second-order valence-corrected chi connectivity index (χ2v) is 5.34. The van der Waals surface area contributed by atoms with Crippen molar-refractivity contribution < 1.29 is 4.74 Å². The van der Waals surface area contributed by atoms with Crippen LogP contribution in [0.3, 0.4) is 0 Å². The standard InChI is InChI=1S/C13H21ClN4O/c1-19-6-5-18-4-2-3-11(10-18)7-15-13-16-8-12(14)9-17-13/h8-9,11H,2-7,10H2,1H3,(H,15,16,17). The van der Waals surface area contributed by atoms with Crippen molar-refractivity contribution in [1.82, 2.24) is 14.9 Å². The summed E-state index contributed by atoms with van der Waals surface area (Å²) in [7, 11) is 1.75. The van der Waals surface area contributed by atoms with Crippen LogP contribution in [0.5, 0.6) is 0 Å². The number of halogens is 1. The third kappa shape index (κ3) is 4.93. The fraction of sp³-hybridized carbons (Fsp3) is 0.692. The number of hydrogen-bond donors (Lipinski definition) is 1. The summed E-state index contributed by atoms with van der Waals surface area (Å²) in [6, 6.07) is 0. The van der Waals surface area contributed by atoms with Crippen LogP contribution in [0.2, 0.25) is 5.02 Å². The topological polar surface area (TPSA) is 50.3 Å². The minimum Gasteiger partial charge on any atom is -0.383 e. The molecule has 1 saturated heterocycles. The highest BCUT2D eigenvalue weighted by Gasteiger charge is 2.19. The number of ether oxygens (including phenoxy) is 1. The van der Waals surface area contributed by atoms with E-state index < -0.39 is 0 Å². The second-order valence-electron chi connectivity index (χ2n) is 4.91. The molecule has 0 saturated carbocycles. The van der Waals surface area contributed by atoms with E-state index in [1.807, 2.05) is 0 Å². The monoisotopic (exact) mass is 284 g/mol. The second kappa shape index (κ2) is 7.62. The van der Waals surface area contributed by atoms with Crippen molar-refractivity contribution in [3.8, 4) is 0 Å². The van der Waals surface area contributed by atoms with Crippen molar-refractivity contribution >= 4 is 17.5 Å². The summed E-state index contributed by atoms with van der Waals surface area (Å²) in [6.07, 6.45) is 5.73. The summed E-state index contributed by atoms with van der Waals surface area (Å²) < 4.78 is 5.13. The first-order chi connectivity index (χ1) is 9.28. The van der Waals surface area contributed by atoms with E-state index in [0.717, 1.165) is 26.2 Å². The number of anilines is 1. The van der Waals surface area contributed by atoms with Gasteiger partial charge in [-0.05, 0) is 25.3 Å². The summed E-state index contributed by atoms with van der Waals surface area (Å²) in [5.74, 6) is 1.29. The summed E-state index contributed by atoms with van der Waals surface area (Å²) >= 11 is 5.76. The molecule has 1 aromatic rings. The van der Waals surface area contributed by atoms with Crippen LogP contribution in [0, 0.1) is 5.92 Å². The lowest BCUT2D eigenvalue weighted by Crippen LogP contribution is -2.39. The van der Waals surface area contributed by atoms with Crippen LogP contribution >= 0.6 is 11.6 Å². The van der Waals surface area contributed by atoms with Gasteiger partial charge in [-0.2, -0.15) is 0 Å². The maximum atomic E-state index is 5.76. The van der Waals surface area contributed by atoms with Crippen molar-refractivity contribution in [2.45, 2.75) is 12.8 Å². The zero-order valence-corrected chi connectivity index (χ0v) is 12.1. The molecule has 0 amide bonds. The average molecular weight is 285 g/mol. The number of methoxy groups -OCH3 is 1. The van der Waals surface area contributed by atoms with E-state index >= 15 is 0 Å². The van der Waals surface area contributed by atoms with Crippen molar-refractivity contribution in [3.63, 3.8) is 0 Å². The van der Waals surface area contributed by atoms with Gasteiger partial charge in [0.25, 0.3) is 0 Å². The molecule has 106 valence electrons. The predicted octanol–water partition coefficient (Wildman–Crippen LogP) is 1.90. The van der Waals surface area contributed by atoms with Crippen LogP contribution < -0.4 is 5.32 Å². The van der Waals surface area contributed by atoms with Crippen LogP contribution in [-0.2, 0) is 4.74 Å². The summed E-state index contributed by atoms with van der Waals surface area (Å²) in [5.41, 5.74) is 0. The lowest BCUT2D eigenvalue weighted by Gasteiger charge is -2.32. The van der Waals surface area contributed by atoms with Gasteiger partial charge in [-0.3, -0.25) is 0 Å². The van der Waals surface area contributed by atoms with E-state index in [1.54, 1.807) is 19.5 Å². The molecule has 1 atom stereocenters. The molecule has 1 aliphatic rings. The van der Waals surface area contributed by atoms with Crippen molar-refractivity contribution in [3.05, 3.63) is 17.4 Å². The number of likely N-dealkylation sites (tertiary alicyclic amines) is 1. The molecule has 2 rings (SSSR count). The highest BCUT2D eigenvalue weighted by Crippen LogP contribution is 2.16. The number of hydrogen-bond acceptors (Lipinski definition) is 5. The first-order valence-corrected chi connectivity index (χ1v) is 7.08. The number of piperidine rings is 1. The van der Waals surface area contributed by atoms with Gasteiger partial charge in [0.15, 0.2) is 0 Å². The number of nitrogens with zero attached hydrogens (tertiary/aromatic N) is 3. The Morgan fingerprint density at radius 3 is 3.00 bits per heavy atom. The molecule has 0 spiro atoms. The van der Waals surface area contributed by atoms with Gasteiger partial charge in [0, 0.05) is 26.7 Å². The van der Waals surface area contributed by atoms with Gasteiger partial charge >= 0.3 is 0 Å². The lowest BCUT2D eigenvalue weighted by atomic mass is 9.98. The largest absolute Gasteiger partial charge is 0.383 e. The quantitative estimate of drug-likeness (QED) is 0.865. The van der Waals surface area contributed by atoms with E-state index in [1.165, 1.54) is 19.4 Å². The molecule has 1 aromatic heterocycles. The highest BCUT2D eigenvalue weighted by atomic mass is 35.5. The van der Waals surface area contributed by atoms with Crippen LogP contribution in [0.1, 0.15) is 12.8 Å². The van der Waals surface area contributed by atoms with Gasteiger partial charge in [0.05, 0.1) is 24.0 Å². The van der Waals surface area contributed by atoms with Crippen LogP contribution in [0.25, 0.3) is 0 Å². The molecule has 1 unspecified atom stereocenters. The molecule has 5 nitrogen and oxygen atoms in total. The molecule has 1 fully saturated rings. The molecular weight excluding hydrogens is 264 g/mol. The number of rotatable bonds is 6. The van der Waals surface area contributed by atoms with Crippen molar-refractivity contribution in [2.24, 2.45) is 5.92 Å². The van der Waals surface area contributed by atoms with E-state index in [2.05, 4.69) is 20.2 Å². The van der Waals surface area contributed by atoms with Gasteiger partial charge in [-0.1, -0.05) is 11.6 Å². The fourth-order valence-electron chi connectivity index (χ4n) is 2.38. The maximum absolute atomic E-state index is 5.76. The highest BCUT2D eigenvalue weighted by molar-refractivity contribution is 6.30. The Bertz CT molecular complexity index is 373. The summed E-state index contributed by atoms with van der Waals surface area (Å²) in [6.45, 7) is 5.03. The molecule has 1 aliphatic heterocycles. The molecule has 0 radical (unpaired) electrons. The maximum Gasteiger partial charge on any atom is 0.222 e. The summed E-state index contributed by atoms with van der Waals surface area (Å²) in [5, 5.41) is 3.84. The average Bonchev–Trinajstić information content (AvgIpc) is 2.45. The predicted molar refractivity (Wildman–Crippen MR) is 76.6 cm³/mol. The van der Waals surface area contributed by atoms with Crippen LogP contribution in [0.4, 0.5) is 5.95 Å². The minimum absolute atomic E-state index is 0.564. The molecule has 2 heterocycles. The Morgan fingerprint density at radius 2 is 2.26 bits per heavy atom. The van der Waals surface area contributed by atoms with E-state index in [9.17, 15) is 0 Å². The van der Waals surface area contributed by atoms with Gasteiger partial charge in [0.2, 0.25) is 5.95 Å². The zero-order valence-electron chi connectivity index (χ0n) is 11.3. The molecular formula is C13H21ClN4O. The SMILES string of the molecule is COCCN1CCCC(CNc2ncc(Cl)cn2)C1. The third-order valence-electron chi connectivity index (χ3n) is 3.38. The molecule has 0 aromatic carbocycles. The Balaban J connectivity index is 1.74. The third-order valence-corrected chi connectivity index (χ3v) is 3.58. The molecule has 0 aliphatic carbocycles. The van der Waals surface area contributed by atoms with E-state index in [-0.39, 0.29) is 0 Å². The molecule has 0 bridgehead atoms. The zero-order chi connectivity index (χ0) is 13.5. The smallest absolute Gasteiger partial charge is 0.222 e. The van der Waals surface area contributed by atoms with Gasteiger partial charge in [-0.15, -0.1) is 0 Å². The van der Waals surface area contributed by atoms with Crippen molar-refractivity contribution in [1.29, 1.82) is 0 Å². The molecule has 6 heteroatoms. The Morgan fingerprint density at radius 1 is 1.47 bits per heavy atom. The number of nitrogens with one attached hydrogen (secondary N) is 1. The van der Waals surface area contributed by atoms with Gasteiger partial charge in [-0.25, -0.2) is 9.97 Å². The molecule has 1 N–H and O–H groups in total. The first-order valence-electron chi connectivity index (χ1n) is 6.70. The van der Waals surface area contributed by atoms with E-state index in [0.29, 0.717) is 16.9 Å². The van der Waals surface area contributed by atoms with Crippen molar-refractivity contribution in [2.75, 3.05) is 45.2 Å². The first kappa shape index (κ1) is 14.5. The summed E-state index contributed by atoms with van der Waals surface area (Å²) in [4.78, 5) is 10.7. The lowest BCUT2D eigenvalue weighted by molar-refractivity contribution is 0.117. The van der Waals surface area contributed by atoms with Crippen LogP contribution in [-0.4, -0.2) is 54.8 Å². The van der Waals surface area contributed by atoms with E-state index in [4.69, 9.17) is 16.3 Å². The van der Waals surface area contributed by atoms with Crippen LogP contribution in [0.15, 0.2) is 12.4 Å². The molecule has 19 heavy (non-hydrogen) atoms. The fourth-order valence-corrected chi connectivity index (χ4v) is 2.48.